The van der Waals surface area contributed by atoms with E-state index >= 15 is 0 Å². The second-order valence-corrected chi connectivity index (χ2v) is 4.82. The summed E-state index contributed by atoms with van der Waals surface area (Å²) in [4.78, 5) is 14.0. The second-order valence-electron chi connectivity index (χ2n) is 4.82. The van der Waals surface area contributed by atoms with Crippen LogP contribution in [0.5, 0.6) is 5.75 Å². The highest BCUT2D eigenvalue weighted by atomic mass is 16.5. The molecule has 4 heteroatoms. The van der Waals surface area contributed by atoms with Crippen molar-refractivity contribution in [2.24, 2.45) is 5.92 Å². The summed E-state index contributed by atoms with van der Waals surface area (Å²) >= 11 is 0. The third kappa shape index (κ3) is 2.94. The van der Waals surface area contributed by atoms with Crippen LogP contribution in [0.4, 0.5) is 10.5 Å². The molecule has 0 spiro atoms. The van der Waals surface area contributed by atoms with Crippen LogP contribution >= 0.6 is 0 Å². The number of hydrogen-bond acceptors (Lipinski definition) is 2. The Hall–Kier alpha value is -1.71. The predicted octanol–water partition coefficient (Wildman–Crippen LogP) is 2.96. The molecule has 1 aliphatic heterocycles. The standard InChI is InChI=1S/C14H20N2O2/c1-11-6-5-9-16(10-11)14(17)15-12-7-3-4-8-13(12)18-2/h3-4,7-8,11H,5-6,9-10H2,1-2H3,(H,15,17)/t11-/m1/s1. The van der Waals surface area contributed by atoms with E-state index in [-0.39, 0.29) is 6.03 Å². The molecular formula is C14H20N2O2. The molecule has 1 aromatic rings. The summed E-state index contributed by atoms with van der Waals surface area (Å²) in [5.41, 5.74) is 0.725. The molecule has 1 fully saturated rings. The van der Waals surface area contributed by atoms with Crippen molar-refractivity contribution in [3.05, 3.63) is 24.3 Å². The van der Waals surface area contributed by atoms with Gasteiger partial charge in [-0.25, -0.2) is 4.79 Å². The largest absolute Gasteiger partial charge is 0.495 e. The van der Waals surface area contributed by atoms with E-state index in [2.05, 4.69) is 12.2 Å². The summed E-state index contributed by atoms with van der Waals surface area (Å²) in [5.74, 6) is 1.28. The van der Waals surface area contributed by atoms with E-state index in [4.69, 9.17) is 4.74 Å². The molecule has 0 radical (unpaired) electrons. The SMILES string of the molecule is COc1ccccc1NC(=O)N1CCC[C@@H](C)C1. The fraction of sp³-hybridized carbons (Fsp3) is 0.500. The number of para-hydroxylation sites is 2. The second kappa shape index (κ2) is 5.76. The number of nitrogens with zero attached hydrogens (tertiary/aromatic N) is 1. The van der Waals surface area contributed by atoms with Crippen LogP contribution < -0.4 is 10.1 Å². The molecular weight excluding hydrogens is 228 g/mol. The van der Waals surface area contributed by atoms with Crippen molar-refractivity contribution in [3.63, 3.8) is 0 Å². The molecule has 1 saturated heterocycles. The zero-order valence-electron chi connectivity index (χ0n) is 11.0. The number of piperidine rings is 1. The Balaban J connectivity index is 2.02. The average molecular weight is 248 g/mol. The van der Waals surface area contributed by atoms with Crippen molar-refractivity contribution in [2.75, 3.05) is 25.5 Å². The number of carbonyl (C=O) groups is 1. The van der Waals surface area contributed by atoms with Crippen LogP contribution in [0.15, 0.2) is 24.3 Å². The van der Waals surface area contributed by atoms with Crippen LogP contribution in [0.3, 0.4) is 0 Å². The first-order chi connectivity index (χ1) is 8.70. The van der Waals surface area contributed by atoms with E-state index < -0.39 is 0 Å². The van der Waals surface area contributed by atoms with E-state index in [1.165, 1.54) is 6.42 Å². The number of ether oxygens (including phenoxy) is 1. The van der Waals surface area contributed by atoms with Gasteiger partial charge in [0, 0.05) is 13.1 Å². The minimum Gasteiger partial charge on any atom is -0.495 e. The minimum atomic E-state index is -0.0361. The van der Waals surface area contributed by atoms with Crippen LogP contribution in [0.2, 0.25) is 0 Å². The van der Waals surface area contributed by atoms with Gasteiger partial charge in [-0.05, 0) is 30.9 Å². The number of likely N-dealkylation sites (tertiary alicyclic amines) is 1. The van der Waals surface area contributed by atoms with E-state index in [1.54, 1.807) is 7.11 Å². The maximum absolute atomic E-state index is 12.1. The quantitative estimate of drug-likeness (QED) is 0.874. The first-order valence-electron chi connectivity index (χ1n) is 6.39. The Kier molecular flexibility index (Phi) is 4.07. The Morgan fingerprint density at radius 1 is 1.44 bits per heavy atom. The lowest BCUT2D eigenvalue weighted by Crippen LogP contribution is -2.41. The first-order valence-corrected chi connectivity index (χ1v) is 6.39. The highest BCUT2D eigenvalue weighted by Gasteiger charge is 2.21. The van der Waals surface area contributed by atoms with Crippen molar-refractivity contribution in [2.45, 2.75) is 19.8 Å². The number of carbonyl (C=O) groups excluding carboxylic acids is 1. The van der Waals surface area contributed by atoms with Crippen molar-refractivity contribution >= 4 is 11.7 Å². The normalized spacial score (nSPS) is 19.4. The number of urea groups is 1. The Bertz CT molecular complexity index is 420. The molecule has 98 valence electrons. The summed E-state index contributed by atoms with van der Waals surface area (Å²) in [5, 5.41) is 2.91. The minimum absolute atomic E-state index is 0.0361. The predicted molar refractivity (Wildman–Crippen MR) is 72.0 cm³/mol. The van der Waals surface area contributed by atoms with Gasteiger partial charge in [0.1, 0.15) is 5.75 Å². The topological polar surface area (TPSA) is 41.6 Å². The number of nitrogens with one attached hydrogen (secondary N) is 1. The Morgan fingerprint density at radius 3 is 2.94 bits per heavy atom. The van der Waals surface area contributed by atoms with Gasteiger partial charge in [0.15, 0.2) is 0 Å². The highest BCUT2D eigenvalue weighted by molar-refractivity contribution is 5.91. The molecule has 0 aliphatic carbocycles. The molecule has 0 bridgehead atoms. The molecule has 0 saturated carbocycles. The first kappa shape index (κ1) is 12.7. The molecule has 1 heterocycles. The van der Waals surface area contributed by atoms with E-state index in [1.807, 2.05) is 29.2 Å². The van der Waals surface area contributed by atoms with Gasteiger partial charge >= 0.3 is 6.03 Å². The number of anilines is 1. The number of amides is 2. The highest BCUT2D eigenvalue weighted by Crippen LogP contribution is 2.24. The number of hydrogen-bond donors (Lipinski definition) is 1. The number of rotatable bonds is 2. The summed E-state index contributed by atoms with van der Waals surface area (Å²) < 4.78 is 5.22. The van der Waals surface area contributed by atoms with Gasteiger partial charge in [-0.1, -0.05) is 19.1 Å². The van der Waals surface area contributed by atoms with Crippen molar-refractivity contribution < 1.29 is 9.53 Å². The maximum atomic E-state index is 12.1. The summed E-state index contributed by atoms with van der Waals surface area (Å²) in [6.45, 7) is 3.86. The lowest BCUT2D eigenvalue weighted by Gasteiger charge is -2.31. The van der Waals surface area contributed by atoms with Crippen LogP contribution in [0, 0.1) is 5.92 Å². The summed E-state index contributed by atoms with van der Waals surface area (Å²) in [6, 6.07) is 7.43. The number of benzene rings is 1. The molecule has 1 atom stereocenters. The lowest BCUT2D eigenvalue weighted by atomic mass is 10.0. The molecule has 1 aliphatic rings. The number of methoxy groups -OCH3 is 1. The van der Waals surface area contributed by atoms with Gasteiger partial charge in [0.05, 0.1) is 12.8 Å². The van der Waals surface area contributed by atoms with Crippen molar-refractivity contribution in [1.29, 1.82) is 0 Å². The van der Waals surface area contributed by atoms with Crippen LogP contribution in [-0.4, -0.2) is 31.1 Å². The van der Waals surface area contributed by atoms with Gasteiger partial charge in [-0.15, -0.1) is 0 Å². The molecule has 0 unspecified atom stereocenters. The summed E-state index contributed by atoms with van der Waals surface area (Å²) in [6.07, 6.45) is 2.29. The third-order valence-electron chi connectivity index (χ3n) is 3.29. The fourth-order valence-corrected chi connectivity index (χ4v) is 2.32. The van der Waals surface area contributed by atoms with Crippen LogP contribution in [0.25, 0.3) is 0 Å². The van der Waals surface area contributed by atoms with Crippen LogP contribution in [-0.2, 0) is 0 Å². The third-order valence-corrected chi connectivity index (χ3v) is 3.29. The molecule has 1 aromatic carbocycles. The van der Waals surface area contributed by atoms with Crippen LogP contribution in [0.1, 0.15) is 19.8 Å². The maximum Gasteiger partial charge on any atom is 0.321 e. The smallest absolute Gasteiger partial charge is 0.321 e. The van der Waals surface area contributed by atoms with Gasteiger partial charge in [0.2, 0.25) is 0 Å². The monoisotopic (exact) mass is 248 g/mol. The zero-order chi connectivity index (χ0) is 13.0. The van der Waals surface area contributed by atoms with Gasteiger partial charge in [-0.3, -0.25) is 0 Å². The zero-order valence-corrected chi connectivity index (χ0v) is 11.0. The van der Waals surface area contributed by atoms with Crippen molar-refractivity contribution in [3.8, 4) is 5.75 Å². The average Bonchev–Trinajstić information content (AvgIpc) is 2.39. The van der Waals surface area contributed by atoms with E-state index in [9.17, 15) is 4.79 Å². The van der Waals surface area contributed by atoms with Gasteiger partial charge in [0.25, 0.3) is 0 Å². The molecule has 18 heavy (non-hydrogen) atoms. The molecule has 1 N–H and O–H groups in total. The Labute approximate surface area is 108 Å². The van der Waals surface area contributed by atoms with E-state index in [0.29, 0.717) is 11.7 Å². The molecule has 4 nitrogen and oxygen atoms in total. The van der Waals surface area contributed by atoms with Gasteiger partial charge in [-0.2, -0.15) is 0 Å². The molecule has 2 rings (SSSR count). The Morgan fingerprint density at radius 2 is 2.22 bits per heavy atom. The van der Waals surface area contributed by atoms with Crippen molar-refractivity contribution in [1.82, 2.24) is 4.90 Å². The summed E-state index contributed by atoms with van der Waals surface area (Å²) in [7, 11) is 1.61. The van der Waals surface area contributed by atoms with Gasteiger partial charge < -0.3 is 15.0 Å². The lowest BCUT2D eigenvalue weighted by molar-refractivity contribution is 0.182. The molecule has 2 amide bonds. The van der Waals surface area contributed by atoms with E-state index in [0.717, 1.165) is 25.2 Å². The molecule has 0 aromatic heterocycles. The fourth-order valence-electron chi connectivity index (χ4n) is 2.32.